The predicted molar refractivity (Wildman–Crippen MR) is 70.7 cm³/mol. The van der Waals surface area contributed by atoms with Crippen LogP contribution in [0.25, 0.3) is 0 Å². The van der Waals surface area contributed by atoms with E-state index in [0.717, 1.165) is 11.1 Å². The minimum absolute atomic E-state index is 0.355. The Hall–Kier alpha value is -2.11. The summed E-state index contributed by atoms with van der Waals surface area (Å²) in [5, 5.41) is 11.7. The Bertz CT molecular complexity index is 462. The highest BCUT2D eigenvalue weighted by atomic mass is 16.4. The monoisotopic (exact) mass is 265 g/mol. The van der Waals surface area contributed by atoms with Gasteiger partial charge in [0.1, 0.15) is 6.04 Å². The van der Waals surface area contributed by atoms with Crippen molar-refractivity contribution in [1.29, 1.82) is 0 Å². The van der Waals surface area contributed by atoms with Crippen LogP contribution < -0.4 is 5.32 Å². The summed E-state index contributed by atoms with van der Waals surface area (Å²) in [7, 11) is 1.48. The number of urea groups is 1. The highest BCUT2D eigenvalue weighted by Crippen LogP contribution is 2.06. The van der Waals surface area contributed by atoms with Gasteiger partial charge in [-0.1, -0.05) is 6.92 Å². The zero-order chi connectivity index (χ0) is 14.4. The number of nitrogens with one attached hydrogen (secondary N) is 1. The summed E-state index contributed by atoms with van der Waals surface area (Å²) in [6.45, 7) is 3.99. The van der Waals surface area contributed by atoms with E-state index in [-0.39, 0.29) is 0 Å². The molecule has 1 unspecified atom stereocenters. The second-order valence-electron chi connectivity index (χ2n) is 4.33. The van der Waals surface area contributed by atoms with Gasteiger partial charge in [-0.25, -0.2) is 9.59 Å². The zero-order valence-electron chi connectivity index (χ0n) is 11.4. The van der Waals surface area contributed by atoms with E-state index in [9.17, 15) is 9.59 Å². The molecule has 0 aliphatic carbocycles. The molecule has 1 aromatic rings. The number of carbonyl (C=O) groups is 2. The summed E-state index contributed by atoms with van der Waals surface area (Å²) in [4.78, 5) is 28.0. The highest BCUT2D eigenvalue weighted by molar-refractivity contribution is 5.82. The van der Waals surface area contributed by atoms with Gasteiger partial charge in [-0.15, -0.1) is 0 Å². The number of carbonyl (C=O) groups excluding carboxylic acids is 1. The molecule has 0 aliphatic rings. The van der Waals surface area contributed by atoms with E-state index in [2.05, 4.69) is 10.3 Å². The van der Waals surface area contributed by atoms with Crippen LogP contribution in [0.3, 0.4) is 0 Å². The number of hydrogen-bond acceptors (Lipinski definition) is 3. The van der Waals surface area contributed by atoms with Gasteiger partial charge in [-0.2, -0.15) is 0 Å². The fraction of sp³-hybridized carbons (Fsp3) is 0.462. The third-order valence-electron chi connectivity index (χ3n) is 3.03. The van der Waals surface area contributed by atoms with E-state index in [4.69, 9.17) is 5.11 Å². The molecule has 1 rings (SSSR count). The molecule has 0 fully saturated rings. The molecule has 2 N–H and O–H groups in total. The number of pyridine rings is 1. The molecule has 6 heteroatoms. The molecule has 0 aliphatic heterocycles. The minimum atomic E-state index is -1.000. The molecule has 0 radical (unpaired) electrons. The molecule has 0 saturated carbocycles. The average molecular weight is 265 g/mol. The van der Waals surface area contributed by atoms with Crippen LogP contribution in [0.1, 0.15) is 24.5 Å². The van der Waals surface area contributed by atoms with Crippen LogP contribution in [0.15, 0.2) is 18.5 Å². The van der Waals surface area contributed by atoms with Gasteiger partial charge >= 0.3 is 12.0 Å². The van der Waals surface area contributed by atoms with Crippen molar-refractivity contribution in [3.63, 3.8) is 0 Å². The maximum Gasteiger partial charge on any atom is 0.326 e. The third-order valence-corrected chi connectivity index (χ3v) is 3.03. The van der Waals surface area contributed by atoms with Gasteiger partial charge in [0, 0.05) is 26.0 Å². The van der Waals surface area contributed by atoms with Crippen LogP contribution in [0, 0.1) is 6.92 Å². The normalized spacial score (nSPS) is 11.7. The van der Waals surface area contributed by atoms with Crippen LogP contribution in [-0.2, 0) is 11.3 Å². The van der Waals surface area contributed by atoms with Crippen molar-refractivity contribution in [3.8, 4) is 0 Å². The first kappa shape index (κ1) is 14.9. The van der Waals surface area contributed by atoms with Crippen molar-refractivity contribution in [2.45, 2.75) is 32.9 Å². The van der Waals surface area contributed by atoms with Crippen molar-refractivity contribution in [3.05, 3.63) is 29.6 Å². The molecule has 0 bridgehead atoms. The standard InChI is InChI=1S/C13H19N3O3/c1-4-11(12(17)18)16(3)13(19)15-8-10-5-6-14-7-9(10)2/h5-7,11H,4,8H2,1-3H3,(H,15,19)(H,17,18). The molecule has 19 heavy (non-hydrogen) atoms. The molecule has 6 nitrogen and oxygen atoms in total. The van der Waals surface area contributed by atoms with E-state index < -0.39 is 18.0 Å². The number of nitrogens with zero attached hydrogens (tertiary/aromatic N) is 2. The summed E-state index contributed by atoms with van der Waals surface area (Å²) < 4.78 is 0. The van der Waals surface area contributed by atoms with Crippen LogP contribution >= 0.6 is 0 Å². The lowest BCUT2D eigenvalue weighted by atomic mass is 10.1. The molecule has 1 atom stereocenters. The number of carboxylic acid groups (broad SMARTS) is 1. The van der Waals surface area contributed by atoms with Crippen molar-refractivity contribution >= 4 is 12.0 Å². The number of rotatable bonds is 5. The first-order valence-corrected chi connectivity index (χ1v) is 6.10. The maximum atomic E-state index is 11.9. The molecule has 0 spiro atoms. The number of carboxylic acids is 1. The van der Waals surface area contributed by atoms with Crippen LogP contribution in [0.4, 0.5) is 4.79 Å². The Kier molecular flexibility index (Phi) is 5.29. The molecular weight excluding hydrogens is 246 g/mol. The van der Waals surface area contributed by atoms with E-state index in [1.165, 1.54) is 11.9 Å². The molecule has 104 valence electrons. The highest BCUT2D eigenvalue weighted by Gasteiger charge is 2.24. The van der Waals surface area contributed by atoms with Gasteiger partial charge in [-0.3, -0.25) is 4.98 Å². The maximum absolute atomic E-state index is 11.9. The van der Waals surface area contributed by atoms with Gasteiger partial charge in [0.15, 0.2) is 0 Å². The second-order valence-corrected chi connectivity index (χ2v) is 4.33. The Morgan fingerprint density at radius 3 is 2.74 bits per heavy atom. The van der Waals surface area contributed by atoms with Gasteiger partial charge in [0.05, 0.1) is 0 Å². The number of aromatic nitrogens is 1. The largest absolute Gasteiger partial charge is 0.480 e. The summed E-state index contributed by atoms with van der Waals surface area (Å²) in [5.74, 6) is -1.000. The predicted octanol–water partition coefficient (Wildman–Crippen LogP) is 1.39. The SMILES string of the molecule is CCC(C(=O)O)N(C)C(=O)NCc1ccncc1C. The van der Waals surface area contributed by atoms with Gasteiger partial charge in [-0.05, 0) is 30.5 Å². The number of hydrogen-bond donors (Lipinski definition) is 2. The van der Waals surface area contributed by atoms with E-state index in [1.807, 2.05) is 13.0 Å². The quantitative estimate of drug-likeness (QED) is 0.843. The summed E-state index contributed by atoms with van der Waals surface area (Å²) >= 11 is 0. The number of aliphatic carboxylic acids is 1. The van der Waals surface area contributed by atoms with Crippen LogP contribution in [-0.4, -0.2) is 40.1 Å². The van der Waals surface area contributed by atoms with Gasteiger partial charge in [0.25, 0.3) is 0 Å². The number of aryl methyl sites for hydroxylation is 1. The zero-order valence-corrected chi connectivity index (χ0v) is 11.4. The fourth-order valence-electron chi connectivity index (χ4n) is 1.75. The summed E-state index contributed by atoms with van der Waals surface area (Å²) in [6.07, 6.45) is 3.75. The van der Waals surface area contributed by atoms with Crippen LogP contribution in [0.5, 0.6) is 0 Å². The van der Waals surface area contributed by atoms with Gasteiger partial charge < -0.3 is 15.3 Å². The minimum Gasteiger partial charge on any atom is -0.480 e. The van der Waals surface area contributed by atoms with Crippen LogP contribution in [0.2, 0.25) is 0 Å². The summed E-state index contributed by atoms with van der Waals surface area (Å²) in [5.41, 5.74) is 1.94. The lowest BCUT2D eigenvalue weighted by molar-refractivity contribution is -0.141. The van der Waals surface area contributed by atoms with E-state index in [1.54, 1.807) is 19.3 Å². The Morgan fingerprint density at radius 1 is 1.53 bits per heavy atom. The van der Waals surface area contributed by atoms with E-state index >= 15 is 0 Å². The molecule has 1 aromatic heterocycles. The lowest BCUT2D eigenvalue weighted by Gasteiger charge is -2.24. The van der Waals surface area contributed by atoms with Crippen molar-refractivity contribution in [2.24, 2.45) is 0 Å². The van der Waals surface area contributed by atoms with Crippen molar-refractivity contribution in [1.82, 2.24) is 15.2 Å². The molecule has 2 amide bonds. The number of amides is 2. The molecule has 1 heterocycles. The lowest BCUT2D eigenvalue weighted by Crippen LogP contribution is -2.46. The fourth-order valence-corrected chi connectivity index (χ4v) is 1.75. The van der Waals surface area contributed by atoms with Crippen molar-refractivity contribution in [2.75, 3.05) is 7.05 Å². The smallest absolute Gasteiger partial charge is 0.326 e. The molecular formula is C13H19N3O3. The third kappa shape index (κ3) is 3.94. The van der Waals surface area contributed by atoms with Gasteiger partial charge in [0.2, 0.25) is 0 Å². The Balaban J connectivity index is 2.60. The second kappa shape index (κ2) is 6.72. The average Bonchev–Trinajstić information content (AvgIpc) is 2.37. The number of likely N-dealkylation sites (N-methyl/N-ethyl adjacent to an activating group) is 1. The topological polar surface area (TPSA) is 82.5 Å². The van der Waals surface area contributed by atoms with E-state index in [0.29, 0.717) is 13.0 Å². The molecule has 0 aromatic carbocycles. The first-order chi connectivity index (χ1) is 8.97. The molecule has 0 saturated heterocycles. The Morgan fingerprint density at radius 2 is 2.21 bits per heavy atom. The summed E-state index contributed by atoms with van der Waals surface area (Å²) in [6, 6.07) is 0.619. The van der Waals surface area contributed by atoms with Crippen molar-refractivity contribution < 1.29 is 14.7 Å². The first-order valence-electron chi connectivity index (χ1n) is 6.10. The Labute approximate surface area is 112 Å².